The van der Waals surface area contributed by atoms with Crippen LogP contribution in [0.4, 0.5) is 10.1 Å². The number of nitrogens with one attached hydrogen (secondary N) is 1. The third kappa shape index (κ3) is 6.47. The molecular formula is C21H23Cl2FN2O4. The molecule has 1 heterocycles. The molecule has 1 aliphatic heterocycles. The van der Waals surface area contributed by atoms with Gasteiger partial charge in [0.15, 0.2) is 0 Å². The molecule has 0 aliphatic carbocycles. The SMILES string of the molecule is CC(=O)Nc1cc(F)ccc1OCC(O)CN1CCC(Oc2ccc(Cl)c(Cl)c2)C1. The number of β-amino-alcohol motifs (C(OH)–C–C–N with tert-alkyl or cyclic N) is 1. The van der Waals surface area contributed by atoms with Crippen LogP contribution in [0, 0.1) is 5.82 Å². The lowest BCUT2D eigenvalue weighted by atomic mass is 10.2. The van der Waals surface area contributed by atoms with Gasteiger partial charge in [0.2, 0.25) is 5.91 Å². The summed E-state index contributed by atoms with van der Waals surface area (Å²) in [6.07, 6.45) is 0.0427. The minimum Gasteiger partial charge on any atom is -0.489 e. The number of aliphatic hydroxyl groups is 1. The molecule has 1 aliphatic rings. The summed E-state index contributed by atoms with van der Waals surface area (Å²) in [6, 6.07) is 8.98. The molecule has 0 spiro atoms. The van der Waals surface area contributed by atoms with E-state index < -0.39 is 11.9 Å². The summed E-state index contributed by atoms with van der Waals surface area (Å²) in [5.41, 5.74) is 0.228. The highest BCUT2D eigenvalue weighted by Gasteiger charge is 2.26. The van der Waals surface area contributed by atoms with Gasteiger partial charge in [-0.15, -0.1) is 0 Å². The Bertz CT molecular complexity index is 899. The van der Waals surface area contributed by atoms with Gasteiger partial charge in [0, 0.05) is 38.7 Å². The van der Waals surface area contributed by atoms with E-state index in [-0.39, 0.29) is 24.3 Å². The maximum atomic E-state index is 13.4. The summed E-state index contributed by atoms with van der Waals surface area (Å²) in [5.74, 6) is 0.127. The lowest BCUT2D eigenvalue weighted by Crippen LogP contribution is -2.35. The van der Waals surface area contributed by atoms with Gasteiger partial charge in [-0.2, -0.15) is 0 Å². The van der Waals surface area contributed by atoms with Crippen molar-refractivity contribution in [3.05, 3.63) is 52.3 Å². The second-order valence-corrected chi connectivity index (χ2v) is 7.96. The van der Waals surface area contributed by atoms with Crippen LogP contribution in [0.25, 0.3) is 0 Å². The Balaban J connectivity index is 1.47. The predicted octanol–water partition coefficient (Wildman–Crippen LogP) is 3.98. The number of carbonyl (C=O) groups excluding carboxylic acids is 1. The molecule has 2 atom stereocenters. The number of halogens is 3. The van der Waals surface area contributed by atoms with Gasteiger partial charge >= 0.3 is 0 Å². The summed E-state index contributed by atoms with van der Waals surface area (Å²) in [4.78, 5) is 13.4. The highest BCUT2D eigenvalue weighted by Crippen LogP contribution is 2.28. The zero-order valence-electron chi connectivity index (χ0n) is 16.4. The van der Waals surface area contributed by atoms with E-state index in [1.165, 1.54) is 25.1 Å². The topological polar surface area (TPSA) is 71.0 Å². The molecule has 2 aromatic rings. The molecule has 1 amide bonds. The van der Waals surface area contributed by atoms with Crippen LogP contribution in [0.5, 0.6) is 11.5 Å². The van der Waals surface area contributed by atoms with Crippen molar-refractivity contribution in [2.75, 3.05) is 31.6 Å². The van der Waals surface area contributed by atoms with Gasteiger partial charge < -0.3 is 19.9 Å². The summed E-state index contributed by atoms with van der Waals surface area (Å²) < 4.78 is 25.0. The van der Waals surface area contributed by atoms with Crippen LogP contribution in [0.3, 0.4) is 0 Å². The molecule has 0 bridgehead atoms. The van der Waals surface area contributed by atoms with Crippen molar-refractivity contribution in [1.29, 1.82) is 0 Å². The first kappa shape index (κ1) is 22.6. The fourth-order valence-corrected chi connectivity index (χ4v) is 3.54. The molecule has 0 aromatic heterocycles. The molecular weight excluding hydrogens is 434 g/mol. The standard InChI is InChI=1S/C21H23Cl2FN2O4/c1-13(27)25-20-8-14(24)2-5-21(20)29-12-15(28)10-26-7-6-17(11-26)30-16-3-4-18(22)19(23)9-16/h2-5,8-9,15,17,28H,6-7,10-12H2,1H3,(H,25,27). The first-order chi connectivity index (χ1) is 14.3. The number of likely N-dealkylation sites (tertiary alicyclic amines) is 1. The van der Waals surface area contributed by atoms with Crippen molar-refractivity contribution < 1.29 is 23.8 Å². The van der Waals surface area contributed by atoms with Crippen molar-refractivity contribution in [3.8, 4) is 11.5 Å². The maximum Gasteiger partial charge on any atom is 0.221 e. The van der Waals surface area contributed by atoms with Crippen LogP contribution in [-0.4, -0.2) is 54.4 Å². The van der Waals surface area contributed by atoms with Crippen LogP contribution in [0.1, 0.15) is 13.3 Å². The summed E-state index contributed by atoms with van der Waals surface area (Å²) in [7, 11) is 0. The van der Waals surface area contributed by atoms with Gasteiger partial charge in [-0.25, -0.2) is 4.39 Å². The van der Waals surface area contributed by atoms with Gasteiger partial charge in [-0.05, 0) is 30.7 Å². The fraction of sp³-hybridized carbons (Fsp3) is 0.381. The summed E-state index contributed by atoms with van der Waals surface area (Å²) in [6.45, 7) is 3.17. The average Bonchev–Trinajstić information content (AvgIpc) is 3.10. The Morgan fingerprint density at radius 2 is 2.10 bits per heavy atom. The van der Waals surface area contributed by atoms with E-state index in [1.807, 2.05) is 0 Å². The lowest BCUT2D eigenvalue weighted by Gasteiger charge is -2.21. The molecule has 0 saturated carbocycles. The zero-order chi connectivity index (χ0) is 21.7. The number of hydrogen-bond acceptors (Lipinski definition) is 5. The number of amides is 1. The Hall–Kier alpha value is -2.06. The number of nitrogens with zero attached hydrogens (tertiary/aromatic N) is 1. The molecule has 2 N–H and O–H groups in total. The lowest BCUT2D eigenvalue weighted by molar-refractivity contribution is -0.114. The smallest absolute Gasteiger partial charge is 0.221 e. The van der Waals surface area contributed by atoms with Crippen LogP contribution in [0.15, 0.2) is 36.4 Å². The van der Waals surface area contributed by atoms with Gasteiger partial charge in [-0.3, -0.25) is 9.69 Å². The Morgan fingerprint density at radius 1 is 1.30 bits per heavy atom. The van der Waals surface area contributed by atoms with Crippen molar-refractivity contribution in [2.24, 2.45) is 0 Å². The van der Waals surface area contributed by atoms with Crippen molar-refractivity contribution in [3.63, 3.8) is 0 Å². The molecule has 2 aromatic carbocycles. The third-order valence-electron chi connectivity index (χ3n) is 4.58. The van der Waals surface area contributed by atoms with E-state index in [0.717, 1.165) is 13.0 Å². The van der Waals surface area contributed by atoms with E-state index in [4.69, 9.17) is 32.7 Å². The molecule has 6 nitrogen and oxygen atoms in total. The summed E-state index contributed by atoms with van der Waals surface area (Å²) in [5, 5.41) is 13.8. The zero-order valence-corrected chi connectivity index (χ0v) is 17.9. The largest absolute Gasteiger partial charge is 0.489 e. The number of ether oxygens (including phenoxy) is 2. The van der Waals surface area contributed by atoms with Gasteiger partial charge in [0.25, 0.3) is 0 Å². The molecule has 1 saturated heterocycles. The van der Waals surface area contributed by atoms with Gasteiger partial charge in [0.1, 0.15) is 36.1 Å². The maximum absolute atomic E-state index is 13.4. The number of rotatable bonds is 8. The quantitative estimate of drug-likeness (QED) is 0.628. The Labute approximate surface area is 184 Å². The van der Waals surface area contributed by atoms with Crippen LogP contribution < -0.4 is 14.8 Å². The fourth-order valence-electron chi connectivity index (χ4n) is 3.25. The Kier molecular flexibility index (Phi) is 7.77. The molecule has 2 unspecified atom stereocenters. The third-order valence-corrected chi connectivity index (χ3v) is 5.31. The van der Waals surface area contributed by atoms with Crippen molar-refractivity contribution >= 4 is 34.8 Å². The number of hydrogen-bond donors (Lipinski definition) is 2. The summed E-state index contributed by atoms with van der Waals surface area (Å²) >= 11 is 11.9. The minimum atomic E-state index is -0.760. The number of benzene rings is 2. The monoisotopic (exact) mass is 456 g/mol. The highest BCUT2D eigenvalue weighted by atomic mass is 35.5. The molecule has 3 rings (SSSR count). The average molecular weight is 457 g/mol. The second-order valence-electron chi connectivity index (χ2n) is 7.15. The van der Waals surface area contributed by atoms with Gasteiger partial charge in [-0.1, -0.05) is 23.2 Å². The van der Waals surface area contributed by atoms with Gasteiger partial charge in [0.05, 0.1) is 15.7 Å². The van der Waals surface area contributed by atoms with Crippen molar-refractivity contribution in [1.82, 2.24) is 4.90 Å². The predicted molar refractivity (Wildman–Crippen MR) is 114 cm³/mol. The molecule has 0 radical (unpaired) electrons. The van der Waals surface area contributed by atoms with E-state index in [0.29, 0.717) is 34.6 Å². The molecule has 30 heavy (non-hydrogen) atoms. The number of aliphatic hydroxyl groups excluding tert-OH is 1. The highest BCUT2D eigenvalue weighted by molar-refractivity contribution is 6.42. The number of carbonyl (C=O) groups is 1. The molecule has 9 heteroatoms. The van der Waals surface area contributed by atoms with Crippen molar-refractivity contribution in [2.45, 2.75) is 25.6 Å². The second kappa shape index (κ2) is 10.3. The van der Waals surface area contributed by atoms with Crippen LogP contribution in [-0.2, 0) is 4.79 Å². The van der Waals surface area contributed by atoms with Crippen LogP contribution in [0.2, 0.25) is 10.0 Å². The molecule has 162 valence electrons. The minimum absolute atomic E-state index is 0.00698. The molecule has 1 fully saturated rings. The van der Waals surface area contributed by atoms with E-state index in [1.54, 1.807) is 18.2 Å². The van der Waals surface area contributed by atoms with E-state index in [9.17, 15) is 14.3 Å². The Morgan fingerprint density at radius 3 is 2.83 bits per heavy atom. The van der Waals surface area contributed by atoms with E-state index in [2.05, 4.69) is 10.2 Å². The van der Waals surface area contributed by atoms with E-state index >= 15 is 0 Å². The first-order valence-electron chi connectivity index (χ1n) is 9.52. The first-order valence-corrected chi connectivity index (χ1v) is 10.3. The normalized spacial score (nSPS) is 17.6. The van der Waals surface area contributed by atoms with Crippen LogP contribution >= 0.6 is 23.2 Å². The number of anilines is 1.